The number of ether oxygens (including phenoxy) is 1. The van der Waals surface area contributed by atoms with Crippen molar-refractivity contribution in [3.05, 3.63) is 57.5 Å². The Morgan fingerprint density at radius 2 is 2.05 bits per heavy atom. The molecule has 0 aromatic heterocycles. The SMILES string of the molecule is Cc1cc(NC(=O)C(C)Oc2cccc(Cl)c2)ccc1Br. The maximum atomic E-state index is 12.1. The molecule has 0 saturated heterocycles. The van der Waals surface area contributed by atoms with Gasteiger partial charge in [-0.05, 0) is 55.8 Å². The number of halogens is 2. The van der Waals surface area contributed by atoms with E-state index in [0.29, 0.717) is 10.8 Å². The van der Waals surface area contributed by atoms with Crippen LogP contribution in [0.3, 0.4) is 0 Å². The number of hydrogen-bond donors (Lipinski definition) is 1. The average molecular weight is 369 g/mol. The van der Waals surface area contributed by atoms with Crippen LogP contribution in [-0.2, 0) is 4.79 Å². The molecule has 3 nitrogen and oxygen atoms in total. The zero-order chi connectivity index (χ0) is 15.4. The highest BCUT2D eigenvalue weighted by Crippen LogP contribution is 2.21. The minimum atomic E-state index is -0.618. The topological polar surface area (TPSA) is 38.3 Å². The van der Waals surface area contributed by atoms with Gasteiger partial charge in [0.05, 0.1) is 0 Å². The van der Waals surface area contributed by atoms with Crippen LogP contribution < -0.4 is 10.1 Å². The van der Waals surface area contributed by atoms with Gasteiger partial charge in [0.15, 0.2) is 6.10 Å². The van der Waals surface area contributed by atoms with Crippen LogP contribution in [0, 0.1) is 6.92 Å². The Labute approximate surface area is 137 Å². The van der Waals surface area contributed by atoms with Crippen molar-refractivity contribution >= 4 is 39.1 Å². The standard InChI is InChI=1S/C16H15BrClNO2/c1-10-8-13(6-7-15(10)17)19-16(20)11(2)21-14-5-3-4-12(18)9-14/h3-9,11H,1-2H3,(H,19,20). The minimum absolute atomic E-state index is 0.211. The van der Waals surface area contributed by atoms with E-state index in [1.54, 1.807) is 31.2 Å². The van der Waals surface area contributed by atoms with Crippen LogP contribution in [-0.4, -0.2) is 12.0 Å². The van der Waals surface area contributed by atoms with Crippen molar-refractivity contribution in [2.24, 2.45) is 0 Å². The van der Waals surface area contributed by atoms with E-state index in [0.717, 1.165) is 15.7 Å². The number of rotatable bonds is 4. The first-order chi connectivity index (χ1) is 9.95. The predicted molar refractivity (Wildman–Crippen MR) is 89.1 cm³/mol. The highest BCUT2D eigenvalue weighted by atomic mass is 79.9. The van der Waals surface area contributed by atoms with Gasteiger partial charge < -0.3 is 10.1 Å². The number of carbonyl (C=O) groups is 1. The summed E-state index contributed by atoms with van der Waals surface area (Å²) in [4.78, 5) is 12.1. The quantitative estimate of drug-likeness (QED) is 0.840. The zero-order valence-corrected chi connectivity index (χ0v) is 14.0. The molecule has 0 aliphatic carbocycles. The Kier molecular flexibility index (Phi) is 5.26. The molecule has 1 unspecified atom stereocenters. The number of benzene rings is 2. The second kappa shape index (κ2) is 6.96. The summed E-state index contributed by atoms with van der Waals surface area (Å²) in [7, 11) is 0. The van der Waals surface area contributed by atoms with Gasteiger partial charge in [-0.15, -0.1) is 0 Å². The van der Waals surface area contributed by atoms with Gasteiger partial charge in [-0.3, -0.25) is 4.79 Å². The van der Waals surface area contributed by atoms with Gasteiger partial charge in [0.25, 0.3) is 5.91 Å². The van der Waals surface area contributed by atoms with Crippen LogP contribution >= 0.6 is 27.5 Å². The van der Waals surface area contributed by atoms with Crippen molar-refractivity contribution in [3.63, 3.8) is 0 Å². The van der Waals surface area contributed by atoms with Gasteiger partial charge in [0.2, 0.25) is 0 Å². The second-order valence-electron chi connectivity index (χ2n) is 4.67. The van der Waals surface area contributed by atoms with Crippen LogP contribution in [0.1, 0.15) is 12.5 Å². The lowest BCUT2D eigenvalue weighted by atomic mass is 10.2. The maximum absolute atomic E-state index is 12.1. The molecule has 0 heterocycles. The van der Waals surface area contributed by atoms with E-state index in [1.807, 2.05) is 25.1 Å². The lowest BCUT2D eigenvalue weighted by molar-refractivity contribution is -0.122. The van der Waals surface area contributed by atoms with E-state index < -0.39 is 6.10 Å². The maximum Gasteiger partial charge on any atom is 0.265 e. The first-order valence-corrected chi connectivity index (χ1v) is 7.62. The Morgan fingerprint density at radius 1 is 1.29 bits per heavy atom. The molecule has 2 aromatic rings. The van der Waals surface area contributed by atoms with Crippen molar-refractivity contribution in [2.75, 3.05) is 5.32 Å². The van der Waals surface area contributed by atoms with E-state index in [1.165, 1.54) is 0 Å². The van der Waals surface area contributed by atoms with Crippen molar-refractivity contribution in [2.45, 2.75) is 20.0 Å². The first kappa shape index (κ1) is 15.9. The summed E-state index contributed by atoms with van der Waals surface area (Å²) in [5, 5.41) is 3.40. The summed E-state index contributed by atoms with van der Waals surface area (Å²) in [6.45, 7) is 3.66. The van der Waals surface area contributed by atoms with Gasteiger partial charge in [-0.25, -0.2) is 0 Å². The molecule has 2 aromatic carbocycles. The summed E-state index contributed by atoms with van der Waals surface area (Å²) in [5.41, 5.74) is 1.79. The third kappa shape index (κ3) is 4.48. The largest absolute Gasteiger partial charge is 0.481 e. The summed E-state index contributed by atoms with van der Waals surface area (Å²) in [5.74, 6) is 0.355. The van der Waals surface area contributed by atoms with E-state index in [-0.39, 0.29) is 5.91 Å². The molecule has 1 amide bonds. The van der Waals surface area contributed by atoms with E-state index >= 15 is 0 Å². The third-order valence-electron chi connectivity index (χ3n) is 2.90. The predicted octanol–water partition coefficient (Wildman–Crippen LogP) is 4.82. The highest BCUT2D eigenvalue weighted by Gasteiger charge is 2.15. The smallest absolute Gasteiger partial charge is 0.265 e. The van der Waals surface area contributed by atoms with Gasteiger partial charge in [0.1, 0.15) is 5.75 Å². The van der Waals surface area contributed by atoms with Crippen LogP contribution in [0.4, 0.5) is 5.69 Å². The van der Waals surface area contributed by atoms with Crippen molar-refractivity contribution in [3.8, 4) is 5.75 Å². The van der Waals surface area contributed by atoms with Crippen molar-refractivity contribution < 1.29 is 9.53 Å². The molecule has 110 valence electrons. The lowest BCUT2D eigenvalue weighted by Gasteiger charge is -2.15. The Balaban J connectivity index is 2.00. The molecule has 1 N–H and O–H groups in total. The van der Waals surface area contributed by atoms with E-state index in [9.17, 15) is 4.79 Å². The zero-order valence-electron chi connectivity index (χ0n) is 11.7. The van der Waals surface area contributed by atoms with Gasteiger partial charge in [-0.2, -0.15) is 0 Å². The van der Waals surface area contributed by atoms with Crippen molar-refractivity contribution in [1.82, 2.24) is 0 Å². The number of hydrogen-bond acceptors (Lipinski definition) is 2. The molecule has 0 aliphatic heterocycles. The minimum Gasteiger partial charge on any atom is -0.481 e. The van der Waals surface area contributed by atoms with Gasteiger partial charge in [0, 0.05) is 15.2 Å². The first-order valence-electron chi connectivity index (χ1n) is 6.45. The lowest BCUT2D eigenvalue weighted by Crippen LogP contribution is -2.30. The summed E-state index contributed by atoms with van der Waals surface area (Å²) in [6.07, 6.45) is -0.618. The number of nitrogens with one attached hydrogen (secondary N) is 1. The highest BCUT2D eigenvalue weighted by molar-refractivity contribution is 9.10. The Morgan fingerprint density at radius 3 is 2.71 bits per heavy atom. The third-order valence-corrected chi connectivity index (χ3v) is 4.03. The molecule has 0 radical (unpaired) electrons. The molecule has 0 spiro atoms. The molecule has 2 rings (SSSR count). The molecular formula is C16H15BrClNO2. The summed E-state index contributed by atoms with van der Waals surface area (Å²) >= 11 is 9.31. The molecule has 5 heteroatoms. The van der Waals surface area contributed by atoms with Crippen LogP contribution in [0.2, 0.25) is 5.02 Å². The molecule has 0 saturated carbocycles. The fourth-order valence-corrected chi connectivity index (χ4v) is 2.19. The summed E-state index contributed by atoms with van der Waals surface area (Å²) < 4.78 is 6.58. The molecule has 0 bridgehead atoms. The fourth-order valence-electron chi connectivity index (χ4n) is 1.76. The van der Waals surface area contributed by atoms with E-state index in [4.69, 9.17) is 16.3 Å². The van der Waals surface area contributed by atoms with Gasteiger partial charge in [-0.1, -0.05) is 33.6 Å². The Bertz CT molecular complexity index is 660. The Hall–Kier alpha value is -1.52. The van der Waals surface area contributed by atoms with Gasteiger partial charge >= 0.3 is 0 Å². The van der Waals surface area contributed by atoms with E-state index in [2.05, 4.69) is 21.2 Å². The van der Waals surface area contributed by atoms with Crippen LogP contribution in [0.5, 0.6) is 5.75 Å². The van der Waals surface area contributed by atoms with Crippen molar-refractivity contribution in [1.29, 1.82) is 0 Å². The number of aryl methyl sites for hydroxylation is 1. The second-order valence-corrected chi connectivity index (χ2v) is 5.96. The summed E-state index contributed by atoms with van der Waals surface area (Å²) in [6, 6.07) is 12.6. The fraction of sp³-hybridized carbons (Fsp3) is 0.188. The van der Waals surface area contributed by atoms with Crippen LogP contribution in [0.25, 0.3) is 0 Å². The normalized spacial score (nSPS) is 11.8. The molecule has 1 atom stereocenters. The average Bonchev–Trinajstić information content (AvgIpc) is 2.43. The molecule has 21 heavy (non-hydrogen) atoms. The monoisotopic (exact) mass is 367 g/mol. The number of carbonyl (C=O) groups excluding carboxylic acids is 1. The molecule has 0 fully saturated rings. The number of amides is 1. The molecular weight excluding hydrogens is 354 g/mol. The number of anilines is 1. The van der Waals surface area contributed by atoms with Crippen LogP contribution in [0.15, 0.2) is 46.9 Å². The molecule has 0 aliphatic rings.